The van der Waals surface area contributed by atoms with Gasteiger partial charge >= 0.3 is 6.18 Å². The van der Waals surface area contributed by atoms with Gasteiger partial charge in [-0.05, 0) is 18.2 Å². The number of nitrogens with one attached hydrogen (secondary N) is 1. The molecule has 0 bridgehead atoms. The monoisotopic (exact) mass is 260 g/mol. The average Bonchev–Trinajstić information content (AvgIpc) is 2.34. The van der Waals surface area contributed by atoms with Crippen LogP contribution in [0, 0.1) is 11.3 Å². The van der Waals surface area contributed by atoms with E-state index in [1.807, 2.05) is 0 Å². The fourth-order valence-electron chi connectivity index (χ4n) is 1.31. The van der Waals surface area contributed by atoms with E-state index in [0.29, 0.717) is 6.07 Å². The number of nitriles is 1. The van der Waals surface area contributed by atoms with E-state index in [2.05, 4.69) is 5.32 Å². The first-order chi connectivity index (χ1) is 8.42. The fraction of sp³-hybridized carbons (Fsp3) is 0.364. The first-order valence-corrected chi connectivity index (χ1v) is 5.02. The Hall–Kier alpha value is -1.78. The van der Waals surface area contributed by atoms with Crippen LogP contribution in [0.1, 0.15) is 11.1 Å². The van der Waals surface area contributed by atoms with Crippen molar-refractivity contribution >= 4 is 5.69 Å². The van der Waals surface area contributed by atoms with Crippen LogP contribution in [0.3, 0.4) is 0 Å². The molecular formula is C11H11F3N2O2. The summed E-state index contributed by atoms with van der Waals surface area (Å²) in [4.78, 5) is 0. The SMILES string of the molecule is N#Cc1cc(C(F)(F)F)ccc1NC(CO)CO. The number of halogens is 3. The number of nitrogens with zero attached hydrogens (tertiary/aromatic N) is 1. The van der Waals surface area contributed by atoms with E-state index in [0.717, 1.165) is 12.1 Å². The molecule has 4 nitrogen and oxygen atoms in total. The Morgan fingerprint density at radius 2 is 1.89 bits per heavy atom. The van der Waals surface area contributed by atoms with Crippen molar-refractivity contribution in [2.24, 2.45) is 0 Å². The first kappa shape index (κ1) is 14.3. The van der Waals surface area contributed by atoms with Gasteiger partial charge in [-0.1, -0.05) is 0 Å². The molecule has 0 saturated heterocycles. The quantitative estimate of drug-likeness (QED) is 0.763. The highest BCUT2D eigenvalue weighted by Crippen LogP contribution is 2.31. The molecule has 3 N–H and O–H groups in total. The van der Waals surface area contributed by atoms with Crippen molar-refractivity contribution in [2.45, 2.75) is 12.2 Å². The lowest BCUT2D eigenvalue weighted by Gasteiger charge is -2.16. The summed E-state index contributed by atoms with van der Waals surface area (Å²) in [5, 5.41) is 29.1. The van der Waals surface area contributed by atoms with Gasteiger partial charge < -0.3 is 15.5 Å². The number of aliphatic hydroxyl groups excluding tert-OH is 2. The molecule has 0 fully saturated rings. The number of benzene rings is 1. The van der Waals surface area contributed by atoms with Crippen molar-refractivity contribution in [3.05, 3.63) is 29.3 Å². The van der Waals surface area contributed by atoms with Crippen LogP contribution in [0.5, 0.6) is 0 Å². The van der Waals surface area contributed by atoms with Crippen LogP contribution in [0.2, 0.25) is 0 Å². The molecule has 7 heteroatoms. The molecule has 0 atom stereocenters. The molecule has 0 aliphatic carbocycles. The summed E-state index contributed by atoms with van der Waals surface area (Å²) >= 11 is 0. The van der Waals surface area contributed by atoms with E-state index >= 15 is 0 Å². The van der Waals surface area contributed by atoms with Gasteiger partial charge in [0.25, 0.3) is 0 Å². The maximum absolute atomic E-state index is 12.4. The molecule has 0 heterocycles. The standard InChI is InChI=1S/C11H11F3N2O2/c12-11(13,14)8-1-2-10(7(3-8)4-15)16-9(5-17)6-18/h1-3,9,16-18H,5-6H2. The summed E-state index contributed by atoms with van der Waals surface area (Å²) in [6, 6.07) is 3.55. The molecule has 0 unspecified atom stereocenters. The number of anilines is 1. The molecule has 0 aliphatic heterocycles. The van der Waals surface area contributed by atoms with Crippen LogP contribution in [0.4, 0.5) is 18.9 Å². The third-order valence-corrected chi connectivity index (χ3v) is 2.27. The lowest BCUT2D eigenvalue weighted by Crippen LogP contribution is -2.28. The van der Waals surface area contributed by atoms with E-state index in [9.17, 15) is 13.2 Å². The summed E-state index contributed by atoms with van der Waals surface area (Å²) in [5.41, 5.74) is -0.982. The Morgan fingerprint density at radius 1 is 1.28 bits per heavy atom. The molecule has 18 heavy (non-hydrogen) atoms. The van der Waals surface area contributed by atoms with Crippen molar-refractivity contribution in [3.8, 4) is 6.07 Å². The molecule has 1 aromatic rings. The molecule has 1 rings (SSSR count). The van der Waals surface area contributed by atoms with Crippen molar-refractivity contribution in [2.75, 3.05) is 18.5 Å². The normalized spacial score (nSPS) is 11.4. The summed E-state index contributed by atoms with van der Waals surface area (Å²) < 4.78 is 37.3. The Bertz CT molecular complexity index is 451. The second-order valence-corrected chi connectivity index (χ2v) is 3.58. The number of hydrogen-bond donors (Lipinski definition) is 3. The van der Waals surface area contributed by atoms with Crippen molar-refractivity contribution in [1.82, 2.24) is 0 Å². The Balaban J connectivity index is 3.05. The highest BCUT2D eigenvalue weighted by atomic mass is 19.4. The minimum Gasteiger partial charge on any atom is -0.394 e. The predicted molar refractivity (Wildman–Crippen MR) is 57.7 cm³/mol. The van der Waals surface area contributed by atoms with Gasteiger partial charge in [-0.2, -0.15) is 18.4 Å². The van der Waals surface area contributed by atoms with Gasteiger partial charge in [0, 0.05) is 0 Å². The molecule has 0 saturated carbocycles. The van der Waals surface area contributed by atoms with Crippen LogP contribution < -0.4 is 5.32 Å². The van der Waals surface area contributed by atoms with Crippen LogP contribution >= 0.6 is 0 Å². The predicted octanol–water partition coefficient (Wildman–Crippen LogP) is 1.34. The van der Waals surface area contributed by atoms with E-state index in [1.165, 1.54) is 0 Å². The number of rotatable bonds is 4. The zero-order chi connectivity index (χ0) is 13.8. The van der Waals surface area contributed by atoms with Gasteiger partial charge in [0.15, 0.2) is 0 Å². The molecule has 0 aromatic heterocycles. The second kappa shape index (κ2) is 5.71. The summed E-state index contributed by atoms with van der Waals surface area (Å²) in [5.74, 6) is 0. The lowest BCUT2D eigenvalue weighted by atomic mass is 10.1. The Morgan fingerprint density at radius 3 is 2.33 bits per heavy atom. The van der Waals surface area contributed by atoms with Crippen LogP contribution in [-0.2, 0) is 6.18 Å². The lowest BCUT2D eigenvalue weighted by molar-refractivity contribution is -0.137. The molecular weight excluding hydrogens is 249 g/mol. The summed E-state index contributed by atoms with van der Waals surface area (Å²) in [6.45, 7) is -0.801. The van der Waals surface area contributed by atoms with Crippen LogP contribution in [-0.4, -0.2) is 29.5 Å². The van der Waals surface area contributed by atoms with E-state index in [-0.39, 0.29) is 11.3 Å². The van der Waals surface area contributed by atoms with E-state index in [1.54, 1.807) is 6.07 Å². The molecule has 0 radical (unpaired) electrons. The Kier molecular flexibility index (Phi) is 4.53. The molecule has 98 valence electrons. The highest BCUT2D eigenvalue weighted by molar-refractivity contribution is 5.59. The smallest absolute Gasteiger partial charge is 0.394 e. The minimum atomic E-state index is -4.52. The zero-order valence-electron chi connectivity index (χ0n) is 9.20. The maximum atomic E-state index is 12.4. The third kappa shape index (κ3) is 3.35. The van der Waals surface area contributed by atoms with Gasteiger partial charge in [0.05, 0.1) is 36.1 Å². The van der Waals surface area contributed by atoms with Crippen LogP contribution in [0.15, 0.2) is 18.2 Å². The second-order valence-electron chi connectivity index (χ2n) is 3.58. The molecule has 1 aromatic carbocycles. The summed E-state index contributed by atoms with van der Waals surface area (Å²) in [7, 11) is 0. The van der Waals surface area contributed by atoms with E-state index in [4.69, 9.17) is 15.5 Å². The zero-order valence-corrected chi connectivity index (χ0v) is 9.20. The van der Waals surface area contributed by atoms with Gasteiger partial charge in [-0.3, -0.25) is 0 Å². The Labute approximate surface area is 101 Å². The first-order valence-electron chi connectivity index (χ1n) is 5.02. The van der Waals surface area contributed by atoms with E-state index < -0.39 is 31.0 Å². The molecule has 0 amide bonds. The maximum Gasteiger partial charge on any atom is 0.416 e. The topological polar surface area (TPSA) is 76.3 Å². The highest BCUT2D eigenvalue weighted by Gasteiger charge is 2.31. The van der Waals surface area contributed by atoms with Gasteiger partial charge in [-0.25, -0.2) is 0 Å². The largest absolute Gasteiger partial charge is 0.416 e. The van der Waals surface area contributed by atoms with Crippen molar-refractivity contribution in [3.63, 3.8) is 0 Å². The van der Waals surface area contributed by atoms with Gasteiger partial charge in [0.2, 0.25) is 0 Å². The molecule has 0 aliphatic rings. The number of aliphatic hydroxyl groups is 2. The number of hydrogen-bond acceptors (Lipinski definition) is 4. The van der Waals surface area contributed by atoms with Gasteiger partial charge in [-0.15, -0.1) is 0 Å². The summed E-state index contributed by atoms with van der Waals surface area (Å²) in [6.07, 6.45) is -4.52. The van der Waals surface area contributed by atoms with Crippen molar-refractivity contribution < 1.29 is 23.4 Å². The average molecular weight is 260 g/mol. The molecule has 0 spiro atoms. The minimum absolute atomic E-state index is 0.138. The number of alkyl halides is 3. The fourth-order valence-corrected chi connectivity index (χ4v) is 1.31. The van der Waals surface area contributed by atoms with Crippen LogP contribution in [0.25, 0.3) is 0 Å². The third-order valence-electron chi connectivity index (χ3n) is 2.27. The van der Waals surface area contributed by atoms with Gasteiger partial charge in [0.1, 0.15) is 6.07 Å². The van der Waals surface area contributed by atoms with Crippen molar-refractivity contribution in [1.29, 1.82) is 5.26 Å².